The van der Waals surface area contributed by atoms with Crippen molar-refractivity contribution in [2.45, 2.75) is 64.1 Å². The normalized spacial score (nSPS) is 29.2. The molecule has 23 heavy (non-hydrogen) atoms. The monoisotopic (exact) mass is 317 g/mol. The Kier molecular flexibility index (Phi) is 4.08. The molecule has 0 saturated heterocycles. The van der Waals surface area contributed by atoms with E-state index in [0.717, 1.165) is 50.0 Å². The zero-order chi connectivity index (χ0) is 16.7. The topological polar surface area (TPSA) is 65.5 Å². The third-order valence-electron chi connectivity index (χ3n) is 5.91. The number of aliphatic carboxylic acids is 1. The molecular weight excluding hydrogens is 290 g/mol. The average Bonchev–Trinajstić information content (AvgIpc) is 3.11. The number of nitrogens with one attached hydrogen (secondary N) is 1. The molecule has 2 aliphatic carbocycles. The fraction of sp³-hybridized carbons (Fsp3) is 0.667. The summed E-state index contributed by atoms with van der Waals surface area (Å²) in [6.45, 7) is 5.05. The molecule has 5 heteroatoms. The third kappa shape index (κ3) is 2.94. The number of hydrogen-bond donors (Lipinski definition) is 2. The first-order chi connectivity index (χ1) is 10.9. The highest BCUT2D eigenvalue weighted by molar-refractivity contribution is 5.76. The van der Waals surface area contributed by atoms with Crippen LogP contribution in [0, 0.1) is 5.41 Å². The second-order valence-electron chi connectivity index (χ2n) is 7.63. The molecule has 1 aromatic rings. The number of anilines is 1. The first-order valence-corrected chi connectivity index (χ1v) is 8.52. The van der Waals surface area contributed by atoms with Crippen LogP contribution >= 0.6 is 0 Å². The molecule has 0 aliphatic heterocycles. The van der Waals surface area contributed by atoms with E-state index in [1.54, 1.807) is 0 Å². The van der Waals surface area contributed by atoms with Crippen LogP contribution in [0.3, 0.4) is 0 Å². The number of fused-ring (bicyclic) bond motifs is 2. The van der Waals surface area contributed by atoms with E-state index in [2.05, 4.69) is 41.2 Å². The van der Waals surface area contributed by atoms with Crippen LogP contribution in [0.15, 0.2) is 18.3 Å². The zero-order valence-corrected chi connectivity index (χ0v) is 14.3. The molecule has 1 aromatic heterocycles. The lowest BCUT2D eigenvalue weighted by molar-refractivity contribution is -0.148. The van der Waals surface area contributed by atoms with Crippen molar-refractivity contribution in [3.8, 4) is 0 Å². The predicted octanol–water partition coefficient (Wildman–Crippen LogP) is 2.80. The van der Waals surface area contributed by atoms with Gasteiger partial charge < -0.3 is 15.3 Å². The lowest BCUT2D eigenvalue weighted by Gasteiger charge is -2.28. The van der Waals surface area contributed by atoms with Crippen LogP contribution in [0.1, 0.15) is 51.5 Å². The van der Waals surface area contributed by atoms with Crippen molar-refractivity contribution in [3.05, 3.63) is 23.9 Å². The summed E-state index contributed by atoms with van der Waals surface area (Å²) in [5.41, 5.74) is 0.709. The zero-order valence-electron chi connectivity index (χ0n) is 14.3. The van der Waals surface area contributed by atoms with Crippen molar-refractivity contribution < 1.29 is 9.90 Å². The van der Waals surface area contributed by atoms with E-state index in [1.165, 1.54) is 0 Å². The van der Waals surface area contributed by atoms with Gasteiger partial charge in [0.05, 0.1) is 5.41 Å². The van der Waals surface area contributed by atoms with Gasteiger partial charge in [0.2, 0.25) is 0 Å². The smallest absolute Gasteiger partial charge is 0.309 e. The van der Waals surface area contributed by atoms with E-state index in [-0.39, 0.29) is 5.54 Å². The SMILES string of the molecule is CC(C)N(C)c1ccc(CNC23CCC(C(=O)O)(CC2)C3)cn1. The van der Waals surface area contributed by atoms with Gasteiger partial charge >= 0.3 is 5.97 Å². The predicted molar refractivity (Wildman–Crippen MR) is 90.5 cm³/mol. The van der Waals surface area contributed by atoms with Gasteiger partial charge in [-0.05, 0) is 57.6 Å². The molecule has 0 spiro atoms. The number of rotatable bonds is 6. The maximum absolute atomic E-state index is 11.5. The maximum atomic E-state index is 11.5. The van der Waals surface area contributed by atoms with Gasteiger partial charge in [0, 0.05) is 31.4 Å². The average molecular weight is 317 g/mol. The Labute approximate surface area is 138 Å². The minimum atomic E-state index is -0.610. The van der Waals surface area contributed by atoms with Crippen LogP contribution in [-0.4, -0.2) is 34.7 Å². The van der Waals surface area contributed by atoms with Crippen LogP contribution < -0.4 is 10.2 Å². The summed E-state index contributed by atoms with van der Waals surface area (Å²) in [4.78, 5) is 18.2. The molecule has 0 radical (unpaired) electrons. The van der Waals surface area contributed by atoms with Crippen LogP contribution in [-0.2, 0) is 11.3 Å². The molecule has 5 nitrogen and oxygen atoms in total. The molecule has 1 heterocycles. The van der Waals surface area contributed by atoms with Crippen molar-refractivity contribution in [2.24, 2.45) is 5.41 Å². The number of aromatic nitrogens is 1. The second-order valence-corrected chi connectivity index (χ2v) is 7.63. The summed E-state index contributed by atoms with van der Waals surface area (Å²) < 4.78 is 0. The number of carboxylic acid groups (broad SMARTS) is 1. The van der Waals surface area contributed by atoms with E-state index in [0.29, 0.717) is 6.04 Å². The van der Waals surface area contributed by atoms with E-state index in [4.69, 9.17) is 0 Å². The minimum Gasteiger partial charge on any atom is -0.481 e. The van der Waals surface area contributed by atoms with Crippen LogP contribution in [0.5, 0.6) is 0 Å². The first-order valence-electron chi connectivity index (χ1n) is 8.52. The standard InChI is InChI=1S/C18H27N3O2/c1-13(2)21(3)15-5-4-14(10-19-15)11-20-18-8-6-17(12-18,7-9-18)16(22)23/h4-5,10,13,20H,6-9,11-12H2,1-3H3,(H,22,23). The van der Waals surface area contributed by atoms with Gasteiger partial charge in [0.25, 0.3) is 0 Å². The number of carboxylic acids is 1. The van der Waals surface area contributed by atoms with Crippen molar-refractivity contribution >= 4 is 11.8 Å². The summed E-state index contributed by atoms with van der Waals surface area (Å²) in [6.07, 6.45) is 6.27. The summed E-state index contributed by atoms with van der Waals surface area (Å²) in [6, 6.07) is 4.59. The van der Waals surface area contributed by atoms with Crippen molar-refractivity contribution in [1.82, 2.24) is 10.3 Å². The second kappa shape index (κ2) is 5.78. The lowest BCUT2D eigenvalue weighted by atomic mass is 9.84. The molecule has 2 aliphatic rings. The Bertz CT molecular complexity index is 574. The number of nitrogens with zero attached hydrogens (tertiary/aromatic N) is 2. The van der Waals surface area contributed by atoms with Crippen LogP contribution in [0.25, 0.3) is 0 Å². The molecule has 2 fully saturated rings. The molecule has 2 bridgehead atoms. The highest BCUT2D eigenvalue weighted by atomic mass is 16.4. The van der Waals surface area contributed by atoms with Gasteiger partial charge in [-0.3, -0.25) is 4.79 Å². The summed E-state index contributed by atoms with van der Waals surface area (Å²) in [5, 5.41) is 13.1. The first kappa shape index (κ1) is 16.2. The van der Waals surface area contributed by atoms with Gasteiger partial charge in [-0.2, -0.15) is 0 Å². The summed E-state index contributed by atoms with van der Waals surface area (Å²) in [5.74, 6) is 0.370. The largest absolute Gasteiger partial charge is 0.481 e. The molecule has 0 amide bonds. The molecule has 126 valence electrons. The van der Waals surface area contributed by atoms with Crippen molar-refractivity contribution in [1.29, 1.82) is 0 Å². The Morgan fingerprint density at radius 3 is 2.52 bits per heavy atom. The van der Waals surface area contributed by atoms with E-state index < -0.39 is 11.4 Å². The van der Waals surface area contributed by atoms with Gasteiger partial charge in [-0.1, -0.05) is 6.07 Å². The Balaban J connectivity index is 1.60. The fourth-order valence-electron chi connectivity index (χ4n) is 4.02. The molecule has 3 rings (SSSR count). The van der Waals surface area contributed by atoms with Crippen molar-refractivity contribution in [3.63, 3.8) is 0 Å². The summed E-state index contributed by atoms with van der Waals surface area (Å²) in [7, 11) is 2.05. The van der Waals surface area contributed by atoms with Gasteiger partial charge in [0.1, 0.15) is 5.82 Å². The Morgan fingerprint density at radius 2 is 2.04 bits per heavy atom. The fourth-order valence-corrected chi connectivity index (χ4v) is 4.02. The lowest BCUT2D eigenvalue weighted by Crippen LogP contribution is -2.40. The van der Waals surface area contributed by atoms with Crippen LogP contribution in [0.2, 0.25) is 0 Å². The molecule has 0 aromatic carbocycles. The van der Waals surface area contributed by atoms with E-state index in [9.17, 15) is 9.90 Å². The third-order valence-corrected chi connectivity index (χ3v) is 5.91. The maximum Gasteiger partial charge on any atom is 0.309 e. The molecule has 0 unspecified atom stereocenters. The van der Waals surface area contributed by atoms with Crippen molar-refractivity contribution in [2.75, 3.05) is 11.9 Å². The van der Waals surface area contributed by atoms with Gasteiger partial charge in [-0.15, -0.1) is 0 Å². The minimum absolute atomic E-state index is 0.0196. The molecule has 2 saturated carbocycles. The number of hydrogen-bond acceptors (Lipinski definition) is 4. The van der Waals surface area contributed by atoms with E-state index >= 15 is 0 Å². The number of pyridine rings is 1. The molecule has 2 N–H and O–H groups in total. The van der Waals surface area contributed by atoms with Gasteiger partial charge in [-0.25, -0.2) is 4.98 Å². The highest BCUT2D eigenvalue weighted by Crippen LogP contribution is 2.56. The Morgan fingerprint density at radius 1 is 1.35 bits per heavy atom. The molecular formula is C18H27N3O2. The molecule has 0 atom stereocenters. The van der Waals surface area contributed by atoms with Crippen LogP contribution in [0.4, 0.5) is 5.82 Å². The van der Waals surface area contributed by atoms with Gasteiger partial charge in [0.15, 0.2) is 0 Å². The van der Waals surface area contributed by atoms with E-state index in [1.807, 2.05) is 13.2 Å². The highest BCUT2D eigenvalue weighted by Gasteiger charge is 2.57. The summed E-state index contributed by atoms with van der Waals surface area (Å²) >= 11 is 0. The Hall–Kier alpha value is -1.62. The number of carbonyl (C=O) groups is 1. The quantitative estimate of drug-likeness (QED) is 0.844.